The summed E-state index contributed by atoms with van der Waals surface area (Å²) in [6.45, 7) is -0.166. The van der Waals surface area contributed by atoms with Crippen LogP contribution in [0.3, 0.4) is 0 Å². The first-order valence-corrected chi connectivity index (χ1v) is 9.55. The highest BCUT2D eigenvalue weighted by Gasteiger charge is 2.15. The Morgan fingerprint density at radius 3 is 2.22 bits per heavy atom. The number of benzene rings is 2. The second-order valence-electron chi connectivity index (χ2n) is 5.30. The number of halogens is 1. The van der Waals surface area contributed by atoms with Crippen LogP contribution >= 0.6 is 11.6 Å². The van der Waals surface area contributed by atoms with Crippen molar-refractivity contribution in [3.05, 3.63) is 59.1 Å². The fraction of sp³-hybridized carbons (Fsp3) is 0.111. The molecule has 0 aliphatic rings. The zero-order chi connectivity index (χ0) is 19.9. The van der Waals surface area contributed by atoms with Gasteiger partial charge in [-0.1, -0.05) is 17.5 Å². The van der Waals surface area contributed by atoms with Crippen LogP contribution in [0.2, 0.25) is 5.02 Å². The molecule has 0 heterocycles. The molecule has 0 saturated carbocycles. The molecule has 3 N–H and O–H groups in total. The van der Waals surface area contributed by atoms with Crippen molar-refractivity contribution in [2.45, 2.75) is 4.90 Å². The molecule has 2 rings (SSSR count). The predicted molar refractivity (Wildman–Crippen MR) is 103 cm³/mol. The van der Waals surface area contributed by atoms with Gasteiger partial charge in [-0.15, -0.1) is 6.42 Å². The molecule has 9 heteroatoms. The molecule has 7 nitrogen and oxygen atoms in total. The van der Waals surface area contributed by atoms with Crippen molar-refractivity contribution >= 4 is 39.1 Å². The highest BCUT2D eigenvalue weighted by Crippen LogP contribution is 2.18. The number of hydrogen-bond acceptors (Lipinski definition) is 4. The van der Waals surface area contributed by atoms with Gasteiger partial charge in [0, 0.05) is 16.3 Å². The van der Waals surface area contributed by atoms with E-state index in [0.29, 0.717) is 10.7 Å². The molecule has 2 amide bonds. The second-order valence-corrected chi connectivity index (χ2v) is 7.42. The number of carbonyl (C=O) groups excluding carboxylic acids is 2. The van der Waals surface area contributed by atoms with E-state index in [-0.39, 0.29) is 23.5 Å². The van der Waals surface area contributed by atoms with Gasteiger partial charge >= 0.3 is 0 Å². The van der Waals surface area contributed by atoms with E-state index < -0.39 is 21.8 Å². The molecule has 0 saturated heterocycles. The Kier molecular flexibility index (Phi) is 6.82. The third-order valence-electron chi connectivity index (χ3n) is 3.32. The zero-order valence-electron chi connectivity index (χ0n) is 14.0. The topological polar surface area (TPSA) is 104 Å². The van der Waals surface area contributed by atoms with Gasteiger partial charge in [0.1, 0.15) is 0 Å². The molecule has 140 valence electrons. The van der Waals surface area contributed by atoms with Crippen molar-refractivity contribution in [3.63, 3.8) is 0 Å². The summed E-state index contributed by atoms with van der Waals surface area (Å²) in [6, 6.07) is 11.5. The Labute approximate surface area is 162 Å². The van der Waals surface area contributed by atoms with Crippen molar-refractivity contribution in [2.24, 2.45) is 0 Å². The molecule has 0 radical (unpaired) electrons. The fourth-order valence-corrected chi connectivity index (χ4v) is 3.18. The fourth-order valence-electron chi connectivity index (χ4n) is 1.99. The first kappa shape index (κ1) is 20.3. The lowest BCUT2D eigenvalue weighted by atomic mass is 10.2. The molecule has 0 fully saturated rings. The molecule has 0 aromatic heterocycles. The lowest BCUT2D eigenvalue weighted by Crippen LogP contribution is -2.37. The van der Waals surface area contributed by atoms with Crippen LogP contribution in [0.4, 0.5) is 5.69 Å². The number of anilines is 1. The Morgan fingerprint density at radius 1 is 1.00 bits per heavy atom. The molecular weight excluding hydrogens is 390 g/mol. The largest absolute Gasteiger partial charge is 0.344 e. The number of amides is 2. The van der Waals surface area contributed by atoms with Crippen LogP contribution < -0.4 is 15.4 Å². The maximum atomic E-state index is 12.4. The van der Waals surface area contributed by atoms with Gasteiger partial charge in [-0.25, -0.2) is 8.42 Å². The summed E-state index contributed by atoms with van der Waals surface area (Å²) in [7, 11) is -3.81. The minimum atomic E-state index is -3.81. The van der Waals surface area contributed by atoms with Crippen LogP contribution in [0, 0.1) is 12.3 Å². The highest BCUT2D eigenvalue weighted by atomic mass is 35.5. The second kappa shape index (κ2) is 9.07. The van der Waals surface area contributed by atoms with Crippen LogP contribution in [0.15, 0.2) is 53.4 Å². The van der Waals surface area contributed by atoms with E-state index in [9.17, 15) is 18.0 Å². The minimum absolute atomic E-state index is 0.0132. The van der Waals surface area contributed by atoms with Gasteiger partial charge in [-0.2, -0.15) is 0 Å². The molecule has 0 aliphatic carbocycles. The first-order valence-electron chi connectivity index (χ1n) is 7.68. The molecule has 0 atom stereocenters. The van der Waals surface area contributed by atoms with E-state index in [1.165, 1.54) is 36.4 Å². The van der Waals surface area contributed by atoms with E-state index >= 15 is 0 Å². The number of rotatable bonds is 7. The summed E-state index contributed by atoms with van der Waals surface area (Å²) >= 11 is 5.77. The van der Waals surface area contributed by atoms with Crippen molar-refractivity contribution in [3.8, 4) is 12.3 Å². The normalized spacial score (nSPS) is 10.5. The summed E-state index contributed by atoms with van der Waals surface area (Å²) in [4.78, 5) is 23.4. The van der Waals surface area contributed by atoms with Gasteiger partial charge in [0.05, 0.1) is 18.0 Å². The van der Waals surface area contributed by atoms with E-state index in [4.69, 9.17) is 18.0 Å². The highest BCUT2D eigenvalue weighted by molar-refractivity contribution is 7.92. The number of nitrogens with one attached hydrogen (secondary N) is 3. The quantitative estimate of drug-likeness (QED) is 0.609. The number of terminal acetylenes is 1. The van der Waals surface area contributed by atoms with Crippen molar-refractivity contribution in [2.75, 3.05) is 17.8 Å². The lowest BCUT2D eigenvalue weighted by Gasteiger charge is -2.09. The van der Waals surface area contributed by atoms with E-state index in [1.807, 2.05) is 0 Å². The van der Waals surface area contributed by atoms with Crippen LogP contribution in [-0.2, 0) is 14.8 Å². The lowest BCUT2D eigenvalue weighted by molar-refractivity contribution is -0.119. The van der Waals surface area contributed by atoms with Gasteiger partial charge in [0.2, 0.25) is 5.91 Å². The molecule has 2 aromatic carbocycles. The third kappa shape index (κ3) is 6.02. The predicted octanol–water partition coefficient (Wildman–Crippen LogP) is 1.62. The smallest absolute Gasteiger partial charge is 0.261 e. The standard InChI is InChI=1S/C18H16ClN3O4S/c1-2-11-20-17(23)12-21-18(24)13-3-9-16(10-4-13)27(25,26)22-15-7-5-14(19)6-8-15/h1,3-10,22H,11-12H2,(H,20,23)(H,21,24). The number of hydrogen-bond donors (Lipinski definition) is 3. The van der Waals surface area contributed by atoms with Gasteiger partial charge in [0.15, 0.2) is 0 Å². The number of carbonyl (C=O) groups is 2. The minimum Gasteiger partial charge on any atom is -0.344 e. The Balaban J connectivity index is 2.01. The van der Waals surface area contributed by atoms with E-state index in [2.05, 4.69) is 21.3 Å². The van der Waals surface area contributed by atoms with Crippen LogP contribution in [0.5, 0.6) is 0 Å². The summed E-state index contributed by atoms with van der Waals surface area (Å²) in [6.07, 6.45) is 5.02. The molecule has 27 heavy (non-hydrogen) atoms. The zero-order valence-corrected chi connectivity index (χ0v) is 15.6. The average Bonchev–Trinajstić information content (AvgIpc) is 2.66. The van der Waals surface area contributed by atoms with Crippen molar-refractivity contribution < 1.29 is 18.0 Å². The molecule has 0 spiro atoms. The summed E-state index contributed by atoms with van der Waals surface area (Å²) in [5.74, 6) is 1.31. The third-order valence-corrected chi connectivity index (χ3v) is 4.97. The molecule has 0 unspecified atom stereocenters. The Bertz CT molecular complexity index is 965. The monoisotopic (exact) mass is 405 g/mol. The summed E-state index contributed by atoms with van der Waals surface area (Å²) in [5.41, 5.74) is 0.574. The average molecular weight is 406 g/mol. The van der Waals surface area contributed by atoms with Gasteiger partial charge in [0.25, 0.3) is 15.9 Å². The van der Waals surface area contributed by atoms with Gasteiger partial charge < -0.3 is 10.6 Å². The van der Waals surface area contributed by atoms with Gasteiger partial charge in [-0.3, -0.25) is 14.3 Å². The summed E-state index contributed by atoms with van der Waals surface area (Å²) < 4.78 is 27.2. The summed E-state index contributed by atoms with van der Waals surface area (Å²) in [5, 5.41) is 5.31. The Hall–Kier alpha value is -3.02. The molecule has 2 aromatic rings. The molecule has 0 aliphatic heterocycles. The SMILES string of the molecule is C#CCNC(=O)CNC(=O)c1ccc(S(=O)(=O)Nc2ccc(Cl)cc2)cc1. The van der Waals surface area contributed by atoms with E-state index in [1.54, 1.807) is 12.1 Å². The van der Waals surface area contributed by atoms with Crippen LogP contribution in [0.1, 0.15) is 10.4 Å². The van der Waals surface area contributed by atoms with Crippen molar-refractivity contribution in [1.82, 2.24) is 10.6 Å². The Morgan fingerprint density at radius 2 is 1.63 bits per heavy atom. The maximum absolute atomic E-state index is 12.4. The van der Waals surface area contributed by atoms with E-state index in [0.717, 1.165) is 0 Å². The van der Waals surface area contributed by atoms with Crippen molar-refractivity contribution in [1.29, 1.82) is 0 Å². The number of sulfonamides is 1. The van der Waals surface area contributed by atoms with Crippen LogP contribution in [-0.4, -0.2) is 33.3 Å². The molecular formula is C18H16ClN3O4S. The van der Waals surface area contributed by atoms with Crippen LogP contribution in [0.25, 0.3) is 0 Å². The maximum Gasteiger partial charge on any atom is 0.261 e. The molecule has 0 bridgehead atoms. The van der Waals surface area contributed by atoms with Gasteiger partial charge in [-0.05, 0) is 48.5 Å². The first-order chi connectivity index (χ1) is 12.8.